The monoisotopic (exact) mass is 173 g/mol. The summed E-state index contributed by atoms with van der Waals surface area (Å²) >= 11 is 0. The standard InChI is InChI=1S/C7H15N3O2/c8-3-5-10-4-1-2-6(9)7(11)12/h3,6,8,10H,1-2,4-5,9H2,(H,11,12)/t6-/m1/s1. The molecule has 0 saturated heterocycles. The van der Waals surface area contributed by atoms with Gasteiger partial charge in [0.15, 0.2) is 0 Å². The first-order valence-electron chi connectivity index (χ1n) is 3.86. The molecule has 70 valence electrons. The van der Waals surface area contributed by atoms with Crippen LogP contribution in [0.5, 0.6) is 0 Å². The van der Waals surface area contributed by atoms with Crippen LogP contribution in [0.2, 0.25) is 0 Å². The van der Waals surface area contributed by atoms with Gasteiger partial charge in [-0.1, -0.05) is 0 Å². The van der Waals surface area contributed by atoms with E-state index in [1.807, 2.05) is 0 Å². The Morgan fingerprint density at radius 2 is 2.42 bits per heavy atom. The van der Waals surface area contributed by atoms with Gasteiger partial charge in [-0.15, -0.1) is 0 Å². The van der Waals surface area contributed by atoms with Crippen LogP contribution in [-0.2, 0) is 4.79 Å². The fourth-order valence-electron chi connectivity index (χ4n) is 0.745. The van der Waals surface area contributed by atoms with Crippen molar-refractivity contribution >= 4 is 12.2 Å². The number of carboxylic acid groups (broad SMARTS) is 1. The van der Waals surface area contributed by atoms with Crippen molar-refractivity contribution in [1.82, 2.24) is 5.32 Å². The molecular weight excluding hydrogens is 158 g/mol. The van der Waals surface area contributed by atoms with E-state index in [4.69, 9.17) is 16.2 Å². The summed E-state index contributed by atoms with van der Waals surface area (Å²) in [5.74, 6) is -0.956. The van der Waals surface area contributed by atoms with Gasteiger partial charge < -0.3 is 21.6 Å². The van der Waals surface area contributed by atoms with E-state index in [-0.39, 0.29) is 0 Å². The van der Waals surface area contributed by atoms with Crippen LogP contribution in [0.1, 0.15) is 12.8 Å². The normalized spacial score (nSPS) is 12.4. The summed E-state index contributed by atoms with van der Waals surface area (Å²) < 4.78 is 0. The van der Waals surface area contributed by atoms with E-state index in [0.29, 0.717) is 19.5 Å². The Bertz CT molecular complexity index is 150. The Morgan fingerprint density at radius 1 is 1.75 bits per heavy atom. The molecule has 0 fully saturated rings. The minimum absolute atomic E-state index is 0.473. The summed E-state index contributed by atoms with van der Waals surface area (Å²) in [7, 11) is 0. The van der Waals surface area contributed by atoms with Gasteiger partial charge in [0.05, 0.1) is 0 Å². The smallest absolute Gasteiger partial charge is 0.320 e. The Morgan fingerprint density at radius 3 is 2.92 bits per heavy atom. The molecule has 12 heavy (non-hydrogen) atoms. The first-order chi connectivity index (χ1) is 5.68. The van der Waals surface area contributed by atoms with E-state index in [2.05, 4.69) is 5.32 Å². The molecule has 0 unspecified atom stereocenters. The van der Waals surface area contributed by atoms with E-state index in [9.17, 15) is 4.79 Å². The predicted molar refractivity (Wildman–Crippen MR) is 46.5 cm³/mol. The molecule has 5 heteroatoms. The molecule has 5 N–H and O–H groups in total. The maximum Gasteiger partial charge on any atom is 0.320 e. The molecule has 0 aliphatic heterocycles. The molecule has 0 aliphatic rings. The van der Waals surface area contributed by atoms with Crippen molar-refractivity contribution in [3.8, 4) is 0 Å². The third-order valence-corrected chi connectivity index (χ3v) is 1.43. The lowest BCUT2D eigenvalue weighted by atomic mass is 10.2. The topological polar surface area (TPSA) is 99.2 Å². The zero-order valence-electron chi connectivity index (χ0n) is 6.92. The molecule has 0 bridgehead atoms. The number of carboxylic acids is 1. The van der Waals surface area contributed by atoms with E-state index in [1.54, 1.807) is 0 Å². The van der Waals surface area contributed by atoms with Crippen LogP contribution < -0.4 is 11.1 Å². The fraction of sp³-hybridized carbons (Fsp3) is 0.714. The molecule has 0 rings (SSSR count). The third-order valence-electron chi connectivity index (χ3n) is 1.43. The van der Waals surface area contributed by atoms with Gasteiger partial charge in [-0.25, -0.2) is 0 Å². The third kappa shape index (κ3) is 5.82. The summed E-state index contributed by atoms with van der Waals surface area (Å²) in [4.78, 5) is 10.2. The van der Waals surface area contributed by atoms with Crippen LogP contribution in [0.25, 0.3) is 0 Å². The van der Waals surface area contributed by atoms with Gasteiger partial charge in [-0.2, -0.15) is 0 Å². The van der Waals surface area contributed by atoms with Crippen LogP contribution in [0.3, 0.4) is 0 Å². The number of carbonyl (C=O) groups is 1. The second kappa shape index (κ2) is 6.75. The Kier molecular flexibility index (Phi) is 6.22. The summed E-state index contributed by atoms with van der Waals surface area (Å²) in [6, 6.07) is -0.758. The molecule has 0 amide bonds. The van der Waals surface area contributed by atoms with Gasteiger partial charge in [0.25, 0.3) is 0 Å². The second-order valence-electron chi connectivity index (χ2n) is 2.50. The average Bonchev–Trinajstić information content (AvgIpc) is 2.03. The molecule has 0 saturated carbocycles. The van der Waals surface area contributed by atoms with Crippen LogP contribution in [0.15, 0.2) is 0 Å². The van der Waals surface area contributed by atoms with Crippen LogP contribution in [-0.4, -0.2) is 36.4 Å². The van der Waals surface area contributed by atoms with Crippen molar-refractivity contribution in [2.24, 2.45) is 5.73 Å². The van der Waals surface area contributed by atoms with Crippen LogP contribution in [0, 0.1) is 5.41 Å². The van der Waals surface area contributed by atoms with Crippen LogP contribution >= 0.6 is 0 Å². The van der Waals surface area contributed by atoms with Crippen molar-refractivity contribution in [2.45, 2.75) is 18.9 Å². The zero-order chi connectivity index (χ0) is 9.40. The van der Waals surface area contributed by atoms with E-state index in [1.165, 1.54) is 6.21 Å². The number of aliphatic carboxylic acids is 1. The van der Waals surface area contributed by atoms with Gasteiger partial charge >= 0.3 is 5.97 Å². The van der Waals surface area contributed by atoms with Crippen molar-refractivity contribution in [3.05, 3.63) is 0 Å². The molecule has 0 aromatic rings. The van der Waals surface area contributed by atoms with Crippen molar-refractivity contribution in [1.29, 1.82) is 5.41 Å². The molecular formula is C7H15N3O2. The molecule has 0 heterocycles. The second-order valence-corrected chi connectivity index (χ2v) is 2.50. The van der Waals surface area contributed by atoms with E-state index >= 15 is 0 Å². The SMILES string of the molecule is N=CCNCCC[C@@H](N)C(=O)O. The van der Waals surface area contributed by atoms with Gasteiger partial charge in [-0.3, -0.25) is 4.79 Å². The number of rotatable bonds is 7. The van der Waals surface area contributed by atoms with Crippen LogP contribution in [0.4, 0.5) is 0 Å². The molecule has 0 aromatic heterocycles. The highest BCUT2D eigenvalue weighted by Crippen LogP contribution is 1.92. The highest BCUT2D eigenvalue weighted by atomic mass is 16.4. The predicted octanol–water partition coefficient (Wildman–Crippen LogP) is -0.582. The average molecular weight is 173 g/mol. The molecule has 0 radical (unpaired) electrons. The lowest BCUT2D eigenvalue weighted by Crippen LogP contribution is -2.31. The van der Waals surface area contributed by atoms with Gasteiger partial charge in [0, 0.05) is 12.8 Å². The Labute approximate surface area is 71.5 Å². The summed E-state index contributed by atoms with van der Waals surface area (Å²) in [6.45, 7) is 1.23. The molecule has 0 spiro atoms. The minimum Gasteiger partial charge on any atom is -0.480 e. The lowest BCUT2D eigenvalue weighted by molar-refractivity contribution is -0.138. The van der Waals surface area contributed by atoms with Gasteiger partial charge in [0.2, 0.25) is 0 Å². The zero-order valence-corrected chi connectivity index (χ0v) is 6.92. The largest absolute Gasteiger partial charge is 0.480 e. The number of hydrogen-bond donors (Lipinski definition) is 4. The number of nitrogens with two attached hydrogens (primary N) is 1. The van der Waals surface area contributed by atoms with Gasteiger partial charge in [0.1, 0.15) is 6.04 Å². The summed E-state index contributed by atoms with van der Waals surface area (Å²) in [5.41, 5.74) is 5.26. The Balaban J connectivity index is 3.19. The molecule has 0 aliphatic carbocycles. The molecule has 5 nitrogen and oxygen atoms in total. The van der Waals surface area contributed by atoms with Crippen molar-refractivity contribution in [3.63, 3.8) is 0 Å². The summed E-state index contributed by atoms with van der Waals surface area (Å²) in [6.07, 6.45) is 2.46. The van der Waals surface area contributed by atoms with E-state index in [0.717, 1.165) is 6.42 Å². The first kappa shape index (κ1) is 11.1. The minimum atomic E-state index is -0.956. The molecule has 1 atom stereocenters. The quantitative estimate of drug-likeness (QED) is 0.305. The summed E-state index contributed by atoms with van der Waals surface area (Å²) in [5, 5.41) is 18.0. The first-order valence-corrected chi connectivity index (χ1v) is 3.86. The van der Waals surface area contributed by atoms with Crippen molar-refractivity contribution < 1.29 is 9.90 Å². The maximum atomic E-state index is 10.2. The van der Waals surface area contributed by atoms with Crippen molar-refractivity contribution in [2.75, 3.05) is 13.1 Å². The fourth-order valence-corrected chi connectivity index (χ4v) is 0.745. The van der Waals surface area contributed by atoms with E-state index < -0.39 is 12.0 Å². The Hall–Kier alpha value is -0.940. The van der Waals surface area contributed by atoms with Gasteiger partial charge in [-0.05, 0) is 19.4 Å². The maximum absolute atomic E-state index is 10.2. The highest BCUT2D eigenvalue weighted by Gasteiger charge is 2.09. The number of nitrogens with one attached hydrogen (secondary N) is 2. The molecule has 0 aromatic carbocycles. The lowest BCUT2D eigenvalue weighted by Gasteiger charge is -2.05. The number of hydrogen-bond acceptors (Lipinski definition) is 4. The highest BCUT2D eigenvalue weighted by molar-refractivity contribution is 5.72.